The highest BCUT2D eigenvalue weighted by Crippen LogP contribution is 2.25. The average Bonchev–Trinajstić information content (AvgIpc) is 3.08. The van der Waals surface area contributed by atoms with Gasteiger partial charge >= 0.3 is 6.03 Å². The van der Waals surface area contributed by atoms with Gasteiger partial charge in [0.1, 0.15) is 5.75 Å². The molecular formula is C19H22N6O2. The fourth-order valence-electron chi connectivity index (χ4n) is 2.96. The number of nitrogens with zero attached hydrogens (tertiary/aromatic N) is 5. The van der Waals surface area contributed by atoms with Crippen LogP contribution in [0.15, 0.2) is 48.5 Å². The van der Waals surface area contributed by atoms with E-state index in [1.54, 1.807) is 34.8 Å². The Morgan fingerprint density at radius 3 is 2.70 bits per heavy atom. The number of phenols is 1. The van der Waals surface area contributed by atoms with Crippen molar-refractivity contribution < 1.29 is 9.90 Å². The maximum absolute atomic E-state index is 12.8. The van der Waals surface area contributed by atoms with Crippen molar-refractivity contribution in [2.45, 2.75) is 19.9 Å². The van der Waals surface area contributed by atoms with Gasteiger partial charge in [-0.3, -0.25) is 0 Å². The number of aryl methyl sites for hydroxylation is 1. The number of benzene rings is 2. The number of aromatic nitrogens is 4. The van der Waals surface area contributed by atoms with Gasteiger partial charge in [-0.15, -0.1) is 5.10 Å². The van der Waals surface area contributed by atoms with E-state index in [0.717, 1.165) is 11.1 Å². The number of aromatic hydroxyl groups is 1. The van der Waals surface area contributed by atoms with Crippen molar-refractivity contribution in [3.63, 3.8) is 0 Å². The van der Waals surface area contributed by atoms with E-state index in [-0.39, 0.29) is 17.8 Å². The van der Waals surface area contributed by atoms with Gasteiger partial charge in [0.15, 0.2) is 5.82 Å². The smallest absolute Gasteiger partial charge is 0.322 e. The van der Waals surface area contributed by atoms with Crippen LogP contribution in [0, 0.1) is 0 Å². The predicted octanol–water partition coefficient (Wildman–Crippen LogP) is 3.20. The first kappa shape index (κ1) is 18.4. The van der Waals surface area contributed by atoms with Gasteiger partial charge in [0.05, 0.1) is 6.04 Å². The number of rotatable bonds is 5. The van der Waals surface area contributed by atoms with E-state index < -0.39 is 0 Å². The van der Waals surface area contributed by atoms with Crippen molar-refractivity contribution in [1.29, 1.82) is 0 Å². The van der Waals surface area contributed by atoms with Gasteiger partial charge in [-0.05, 0) is 54.1 Å². The molecule has 1 aromatic heterocycles. The van der Waals surface area contributed by atoms with Crippen LogP contribution >= 0.6 is 0 Å². The molecule has 27 heavy (non-hydrogen) atoms. The Bertz CT molecular complexity index is 939. The van der Waals surface area contributed by atoms with Gasteiger partial charge in [-0.1, -0.05) is 24.3 Å². The minimum atomic E-state index is -0.221. The van der Waals surface area contributed by atoms with E-state index in [0.29, 0.717) is 18.1 Å². The second-order valence-corrected chi connectivity index (χ2v) is 6.19. The Morgan fingerprint density at radius 2 is 2.04 bits per heavy atom. The summed E-state index contributed by atoms with van der Waals surface area (Å²) in [5.74, 6) is 0.798. The lowest BCUT2D eigenvalue weighted by Crippen LogP contribution is -2.36. The predicted molar refractivity (Wildman–Crippen MR) is 102 cm³/mol. The third-order valence-electron chi connectivity index (χ3n) is 4.41. The van der Waals surface area contributed by atoms with Gasteiger partial charge in [-0.25, -0.2) is 9.48 Å². The summed E-state index contributed by atoms with van der Waals surface area (Å²) in [7, 11) is 1.76. The van der Waals surface area contributed by atoms with E-state index >= 15 is 0 Å². The SMILES string of the molecule is CCN(C(=O)Nc1cccc(-c2nnnn2C)c1)C(C)c1cccc(O)c1. The standard InChI is InChI=1S/C19H22N6O2/c1-4-25(13(2)14-7-6-10-17(26)12-14)19(27)20-16-9-5-8-15(11-16)18-21-22-23-24(18)3/h5-13,26H,4H2,1-3H3,(H,20,27). The molecule has 2 aromatic carbocycles. The molecule has 0 aliphatic heterocycles. The van der Waals surface area contributed by atoms with E-state index in [4.69, 9.17) is 0 Å². The van der Waals surface area contributed by atoms with E-state index in [1.165, 1.54) is 0 Å². The lowest BCUT2D eigenvalue weighted by Gasteiger charge is -2.28. The number of hydrogen-bond acceptors (Lipinski definition) is 5. The summed E-state index contributed by atoms with van der Waals surface area (Å²) in [4.78, 5) is 14.5. The number of tetrazole rings is 1. The number of phenolic OH excluding ortho intramolecular Hbond substituents is 1. The Kier molecular flexibility index (Phi) is 5.35. The summed E-state index contributed by atoms with van der Waals surface area (Å²) in [6.07, 6.45) is 0. The number of carbonyl (C=O) groups is 1. The zero-order valence-electron chi connectivity index (χ0n) is 15.5. The minimum absolute atomic E-state index is 0.181. The minimum Gasteiger partial charge on any atom is -0.508 e. The fraction of sp³-hybridized carbons (Fsp3) is 0.263. The van der Waals surface area contributed by atoms with E-state index in [2.05, 4.69) is 20.8 Å². The Hall–Kier alpha value is -3.42. The molecule has 0 fully saturated rings. The summed E-state index contributed by atoms with van der Waals surface area (Å²) >= 11 is 0. The maximum atomic E-state index is 12.8. The molecule has 8 heteroatoms. The number of carbonyl (C=O) groups excluding carboxylic acids is 1. The lowest BCUT2D eigenvalue weighted by atomic mass is 10.1. The van der Waals surface area contributed by atoms with Crippen LogP contribution in [0.4, 0.5) is 10.5 Å². The van der Waals surface area contributed by atoms with Crippen LogP contribution in [-0.4, -0.2) is 42.8 Å². The van der Waals surface area contributed by atoms with Crippen molar-refractivity contribution >= 4 is 11.7 Å². The van der Waals surface area contributed by atoms with Crippen LogP contribution in [0.25, 0.3) is 11.4 Å². The van der Waals surface area contributed by atoms with Gasteiger partial charge < -0.3 is 15.3 Å². The van der Waals surface area contributed by atoms with Crippen molar-refractivity contribution in [3.05, 3.63) is 54.1 Å². The Labute approximate surface area is 157 Å². The Morgan fingerprint density at radius 1 is 1.26 bits per heavy atom. The van der Waals surface area contributed by atoms with Gasteiger partial charge in [0, 0.05) is 24.8 Å². The molecule has 3 aromatic rings. The molecule has 1 unspecified atom stereocenters. The summed E-state index contributed by atoms with van der Waals surface area (Å²) in [6, 6.07) is 13.9. The third-order valence-corrected chi connectivity index (χ3v) is 4.41. The van der Waals surface area contributed by atoms with Gasteiger partial charge in [0.25, 0.3) is 0 Å². The molecule has 2 N–H and O–H groups in total. The molecule has 1 atom stereocenters. The topological polar surface area (TPSA) is 96.2 Å². The second kappa shape index (κ2) is 7.86. The maximum Gasteiger partial charge on any atom is 0.322 e. The Balaban J connectivity index is 1.78. The summed E-state index contributed by atoms with van der Waals surface area (Å²) in [6.45, 7) is 4.37. The largest absolute Gasteiger partial charge is 0.508 e. The third kappa shape index (κ3) is 4.05. The number of anilines is 1. The van der Waals surface area contributed by atoms with E-state index in [9.17, 15) is 9.90 Å². The number of hydrogen-bond donors (Lipinski definition) is 2. The van der Waals surface area contributed by atoms with Crippen LogP contribution in [-0.2, 0) is 7.05 Å². The summed E-state index contributed by atoms with van der Waals surface area (Å²) in [5.41, 5.74) is 2.33. The highest BCUT2D eigenvalue weighted by Gasteiger charge is 2.20. The molecule has 2 amide bonds. The van der Waals surface area contributed by atoms with Crippen molar-refractivity contribution in [2.75, 3.05) is 11.9 Å². The van der Waals surface area contributed by atoms with Crippen molar-refractivity contribution in [3.8, 4) is 17.1 Å². The fourth-order valence-corrected chi connectivity index (χ4v) is 2.96. The van der Waals surface area contributed by atoms with E-state index in [1.807, 2.05) is 44.2 Å². The zero-order chi connectivity index (χ0) is 19.4. The van der Waals surface area contributed by atoms with Crippen LogP contribution < -0.4 is 5.32 Å². The van der Waals surface area contributed by atoms with Crippen LogP contribution in [0.3, 0.4) is 0 Å². The lowest BCUT2D eigenvalue weighted by molar-refractivity contribution is 0.197. The first-order chi connectivity index (χ1) is 13.0. The summed E-state index contributed by atoms with van der Waals surface area (Å²) in [5, 5.41) is 24.1. The number of amides is 2. The second-order valence-electron chi connectivity index (χ2n) is 6.19. The molecule has 0 saturated carbocycles. The first-order valence-electron chi connectivity index (χ1n) is 8.69. The number of nitrogens with one attached hydrogen (secondary N) is 1. The monoisotopic (exact) mass is 366 g/mol. The average molecular weight is 366 g/mol. The molecule has 0 aliphatic carbocycles. The quantitative estimate of drug-likeness (QED) is 0.723. The molecule has 0 aliphatic rings. The molecule has 3 rings (SSSR count). The molecule has 0 radical (unpaired) electrons. The van der Waals surface area contributed by atoms with Gasteiger partial charge in [0.2, 0.25) is 0 Å². The normalized spacial score (nSPS) is 11.8. The van der Waals surface area contributed by atoms with Crippen LogP contribution in [0.2, 0.25) is 0 Å². The molecule has 140 valence electrons. The summed E-state index contributed by atoms with van der Waals surface area (Å²) < 4.78 is 1.57. The highest BCUT2D eigenvalue weighted by atomic mass is 16.3. The molecule has 8 nitrogen and oxygen atoms in total. The molecule has 0 bridgehead atoms. The molecule has 0 spiro atoms. The molecule has 0 saturated heterocycles. The zero-order valence-corrected chi connectivity index (χ0v) is 15.5. The molecule has 1 heterocycles. The van der Waals surface area contributed by atoms with Crippen LogP contribution in [0.1, 0.15) is 25.5 Å². The first-order valence-corrected chi connectivity index (χ1v) is 8.69. The van der Waals surface area contributed by atoms with Gasteiger partial charge in [-0.2, -0.15) is 0 Å². The van der Waals surface area contributed by atoms with Crippen molar-refractivity contribution in [2.24, 2.45) is 7.05 Å². The highest BCUT2D eigenvalue weighted by molar-refractivity contribution is 5.90. The molecular weight excluding hydrogens is 344 g/mol. The van der Waals surface area contributed by atoms with Crippen molar-refractivity contribution in [1.82, 2.24) is 25.1 Å². The van der Waals surface area contributed by atoms with Crippen LogP contribution in [0.5, 0.6) is 5.75 Å². The number of urea groups is 1.